The van der Waals surface area contributed by atoms with Gasteiger partial charge in [0, 0.05) is 70.1 Å². The number of H-pyrrole nitrogens is 1. The molecule has 2 fully saturated rings. The third kappa shape index (κ3) is 4.85. The van der Waals surface area contributed by atoms with Gasteiger partial charge in [-0.05, 0) is 24.4 Å². The van der Waals surface area contributed by atoms with Crippen LogP contribution in [0, 0.1) is 11.8 Å². The lowest BCUT2D eigenvalue weighted by molar-refractivity contribution is 0.106. The van der Waals surface area contributed by atoms with Gasteiger partial charge in [0.05, 0.1) is 5.69 Å². The van der Waals surface area contributed by atoms with E-state index in [1.807, 2.05) is 0 Å². The van der Waals surface area contributed by atoms with Gasteiger partial charge in [0.2, 0.25) is 0 Å². The zero-order valence-corrected chi connectivity index (χ0v) is 17.0. The Kier molecular flexibility index (Phi) is 6.38. The highest BCUT2D eigenvalue weighted by Crippen LogP contribution is 2.27. The minimum atomic E-state index is 0.0799. The van der Waals surface area contributed by atoms with Crippen LogP contribution in [0.4, 0.5) is 0 Å². The van der Waals surface area contributed by atoms with E-state index in [0.29, 0.717) is 18.4 Å². The van der Waals surface area contributed by atoms with Crippen LogP contribution in [0.5, 0.6) is 0 Å². The second-order valence-electron chi connectivity index (χ2n) is 9.16. The summed E-state index contributed by atoms with van der Waals surface area (Å²) in [6.07, 6.45) is 0. The molecular weight excluding hydrogens is 326 g/mol. The first kappa shape index (κ1) is 19.8. The largest absolute Gasteiger partial charge is 0.396 e. The van der Waals surface area contributed by atoms with Crippen molar-refractivity contribution in [2.75, 3.05) is 59.0 Å². The average Bonchev–Trinajstić information content (AvgIpc) is 3.22. The number of aromatic amines is 1. The number of hydrogen-bond donors (Lipinski definition) is 2. The van der Waals surface area contributed by atoms with Crippen molar-refractivity contribution in [2.45, 2.75) is 39.7 Å². The fraction of sp³-hybridized carbons (Fsp3) is 0.850. The van der Waals surface area contributed by atoms with Crippen molar-refractivity contribution >= 4 is 0 Å². The van der Waals surface area contributed by atoms with Crippen LogP contribution in [-0.4, -0.2) is 89.0 Å². The lowest BCUT2D eigenvalue weighted by Crippen LogP contribution is -2.48. The number of nitrogens with one attached hydrogen (secondary N) is 1. The standard InChI is InChI=1S/C20H37N5O/c1-5-23-6-8-24(9-7-23)11-16-12-25(13-17(16)15-26)14-18-10-19(22-21-18)20(2,3)4/h10,16-17,26H,5-9,11-15H2,1-4H3,(H,21,22). The van der Waals surface area contributed by atoms with Crippen LogP contribution in [-0.2, 0) is 12.0 Å². The van der Waals surface area contributed by atoms with E-state index in [1.54, 1.807) is 0 Å². The van der Waals surface area contributed by atoms with Crippen molar-refractivity contribution in [1.82, 2.24) is 24.9 Å². The number of nitrogens with zero attached hydrogens (tertiary/aromatic N) is 4. The Labute approximate surface area is 158 Å². The van der Waals surface area contributed by atoms with Crippen LogP contribution in [0.1, 0.15) is 39.1 Å². The first-order chi connectivity index (χ1) is 12.4. The zero-order valence-electron chi connectivity index (χ0n) is 17.0. The molecule has 2 N–H and O–H groups in total. The lowest BCUT2D eigenvalue weighted by Gasteiger charge is -2.36. The molecule has 6 nitrogen and oxygen atoms in total. The molecule has 2 unspecified atom stereocenters. The monoisotopic (exact) mass is 363 g/mol. The highest BCUT2D eigenvalue weighted by Gasteiger charge is 2.34. The first-order valence-electron chi connectivity index (χ1n) is 10.2. The zero-order chi connectivity index (χ0) is 18.7. The van der Waals surface area contributed by atoms with Gasteiger partial charge in [-0.3, -0.25) is 10.00 Å². The molecule has 0 aromatic carbocycles. The van der Waals surface area contributed by atoms with Gasteiger partial charge in [-0.1, -0.05) is 27.7 Å². The van der Waals surface area contributed by atoms with E-state index in [9.17, 15) is 5.11 Å². The molecule has 148 valence electrons. The second-order valence-corrected chi connectivity index (χ2v) is 9.16. The van der Waals surface area contributed by atoms with E-state index in [4.69, 9.17) is 0 Å². The summed E-state index contributed by atoms with van der Waals surface area (Å²) in [5.41, 5.74) is 2.39. The Hall–Kier alpha value is -0.950. The van der Waals surface area contributed by atoms with Crippen molar-refractivity contribution in [3.8, 4) is 0 Å². The number of likely N-dealkylation sites (tertiary alicyclic amines) is 1. The first-order valence-corrected chi connectivity index (χ1v) is 10.2. The number of aliphatic hydroxyl groups excluding tert-OH is 1. The molecule has 2 atom stereocenters. The summed E-state index contributed by atoms with van der Waals surface area (Å²) in [4.78, 5) is 7.59. The van der Waals surface area contributed by atoms with Gasteiger partial charge in [0.15, 0.2) is 0 Å². The quantitative estimate of drug-likeness (QED) is 0.800. The number of aliphatic hydroxyl groups is 1. The van der Waals surface area contributed by atoms with E-state index >= 15 is 0 Å². The SMILES string of the molecule is CCN1CCN(CC2CN(Cc3cc(C(C)(C)C)n[nH]3)CC2CO)CC1. The van der Waals surface area contributed by atoms with Crippen LogP contribution in [0.15, 0.2) is 6.07 Å². The van der Waals surface area contributed by atoms with Crippen molar-refractivity contribution in [2.24, 2.45) is 11.8 Å². The maximum Gasteiger partial charge on any atom is 0.0678 e. The number of rotatable bonds is 6. The molecule has 2 aliphatic rings. The molecule has 0 aliphatic carbocycles. The van der Waals surface area contributed by atoms with E-state index in [1.165, 1.54) is 18.8 Å². The molecule has 2 aliphatic heterocycles. The van der Waals surface area contributed by atoms with Crippen LogP contribution < -0.4 is 0 Å². The van der Waals surface area contributed by atoms with Gasteiger partial charge in [0.1, 0.15) is 0 Å². The lowest BCUT2D eigenvalue weighted by atomic mass is 9.92. The Morgan fingerprint density at radius 1 is 1.08 bits per heavy atom. The Balaban J connectivity index is 1.53. The van der Waals surface area contributed by atoms with Gasteiger partial charge >= 0.3 is 0 Å². The smallest absolute Gasteiger partial charge is 0.0678 e. The summed E-state index contributed by atoms with van der Waals surface area (Å²) in [7, 11) is 0. The Morgan fingerprint density at radius 2 is 1.73 bits per heavy atom. The average molecular weight is 364 g/mol. The summed E-state index contributed by atoms with van der Waals surface area (Å²) in [5, 5.41) is 17.6. The summed E-state index contributed by atoms with van der Waals surface area (Å²) < 4.78 is 0. The topological polar surface area (TPSA) is 58.6 Å². The fourth-order valence-corrected chi connectivity index (χ4v) is 4.27. The molecule has 0 bridgehead atoms. The maximum atomic E-state index is 9.87. The third-order valence-corrected chi connectivity index (χ3v) is 6.08. The fourth-order valence-electron chi connectivity index (χ4n) is 4.27. The number of aromatic nitrogens is 2. The van der Waals surface area contributed by atoms with E-state index < -0.39 is 0 Å². The van der Waals surface area contributed by atoms with Crippen LogP contribution in [0.3, 0.4) is 0 Å². The molecule has 1 aromatic heterocycles. The normalized spacial score (nSPS) is 26.7. The van der Waals surface area contributed by atoms with E-state index in [-0.39, 0.29) is 5.41 Å². The van der Waals surface area contributed by atoms with Crippen LogP contribution >= 0.6 is 0 Å². The molecule has 26 heavy (non-hydrogen) atoms. The molecule has 6 heteroatoms. The summed E-state index contributed by atoms with van der Waals surface area (Å²) in [6, 6.07) is 2.20. The second kappa shape index (κ2) is 8.38. The molecule has 2 saturated heterocycles. The summed E-state index contributed by atoms with van der Waals surface area (Å²) >= 11 is 0. The third-order valence-electron chi connectivity index (χ3n) is 6.08. The van der Waals surface area contributed by atoms with Gasteiger partial charge in [-0.15, -0.1) is 0 Å². The molecule has 1 aromatic rings. The molecule has 0 radical (unpaired) electrons. The van der Waals surface area contributed by atoms with Crippen LogP contribution in [0.25, 0.3) is 0 Å². The molecule has 0 amide bonds. The van der Waals surface area contributed by atoms with Gasteiger partial charge < -0.3 is 14.9 Å². The Bertz CT molecular complexity index is 559. The minimum Gasteiger partial charge on any atom is -0.396 e. The van der Waals surface area contributed by atoms with Crippen molar-refractivity contribution < 1.29 is 5.11 Å². The van der Waals surface area contributed by atoms with Gasteiger partial charge in [0.25, 0.3) is 0 Å². The molecule has 3 heterocycles. The number of hydrogen-bond acceptors (Lipinski definition) is 5. The van der Waals surface area contributed by atoms with Gasteiger partial charge in [-0.2, -0.15) is 5.10 Å². The molecule has 3 rings (SSSR count). The highest BCUT2D eigenvalue weighted by molar-refractivity contribution is 5.16. The summed E-state index contributed by atoms with van der Waals surface area (Å²) in [6.45, 7) is 19.1. The molecular formula is C20H37N5O. The Morgan fingerprint density at radius 3 is 2.31 bits per heavy atom. The molecule has 0 spiro atoms. The number of likely N-dealkylation sites (N-methyl/N-ethyl adjacent to an activating group) is 1. The van der Waals surface area contributed by atoms with E-state index in [2.05, 4.69) is 58.7 Å². The molecule has 0 saturated carbocycles. The van der Waals surface area contributed by atoms with Crippen molar-refractivity contribution in [1.29, 1.82) is 0 Å². The maximum absolute atomic E-state index is 9.87. The van der Waals surface area contributed by atoms with E-state index in [0.717, 1.165) is 51.5 Å². The highest BCUT2D eigenvalue weighted by atomic mass is 16.3. The predicted molar refractivity (Wildman–Crippen MR) is 105 cm³/mol. The van der Waals surface area contributed by atoms with Crippen molar-refractivity contribution in [3.05, 3.63) is 17.5 Å². The van der Waals surface area contributed by atoms with Crippen molar-refractivity contribution in [3.63, 3.8) is 0 Å². The minimum absolute atomic E-state index is 0.0799. The predicted octanol–water partition coefficient (Wildman–Crippen LogP) is 1.39. The van der Waals surface area contributed by atoms with Gasteiger partial charge in [-0.25, -0.2) is 0 Å². The van der Waals surface area contributed by atoms with Crippen LogP contribution in [0.2, 0.25) is 0 Å². The number of piperazine rings is 1. The summed E-state index contributed by atoms with van der Waals surface area (Å²) in [5.74, 6) is 0.961.